The Labute approximate surface area is 173 Å². The van der Waals surface area contributed by atoms with Crippen LogP contribution >= 0.6 is 0 Å². The Kier molecular flexibility index (Phi) is 5.43. The van der Waals surface area contributed by atoms with Crippen LogP contribution in [0, 0.1) is 0 Å². The van der Waals surface area contributed by atoms with Crippen LogP contribution in [0.3, 0.4) is 0 Å². The van der Waals surface area contributed by atoms with Crippen molar-refractivity contribution in [3.8, 4) is 17.1 Å². The number of hydrogen-bond donors (Lipinski definition) is 3. The number of H-pyrrole nitrogens is 1. The first-order chi connectivity index (χ1) is 14.6. The van der Waals surface area contributed by atoms with Gasteiger partial charge in [-0.3, -0.25) is 9.59 Å². The molecular formula is C23H20N4O3. The second kappa shape index (κ2) is 8.48. The molecule has 0 aliphatic heterocycles. The molecule has 0 atom stereocenters. The number of aromatic nitrogens is 2. The fraction of sp³-hybridized carbons (Fsp3) is 0.0870. The van der Waals surface area contributed by atoms with Gasteiger partial charge in [0, 0.05) is 16.8 Å². The molecule has 30 heavy (non-hydrogen) atoms. The van der Waals surface area contributed by atoms with Gasteiger partial charge in [-0.05, 0) is 42.5 Å². The van der Waals surface area contributed by atoms with Gasteiger partial charge in [-0.25, -0.2) is 4.98 Å². The molecule has 0 aliphatic carbocycles. The van der Waals surface area contributed by atoms with E-state index < -0.39 is 0 Å². The molecule has 150 valence electrons. The normalized spacial score (nSPS) is 10.6. The molecule has 0 saturated heterocycles. The summed E-state index contributed by atoms with van der Waals surface area (Å²) in [6.45, 7) is -0.148. The average molecular weight is 400 g/mol. The number of anilines is 1. The molecule has 4 aromatic rings. The number of aromatic amines is 1. The summed E-state index contributed by atoms with van der Waals surface area (Å²) in [6, 6.07) is 21.9. The van der Waals surface area contributed by atoms with Gasteiger partial charge in [0.25, 0.3) is 5.91 Å². The van der Waals surface area contributed by atoms with Crippen LogP contribution in [0.25, 0.3) is 22.4 Å². The van der Waals surface area contributed by atoms with E-state index in [1.165, 1.54) is 7.11 Å². The van der Waals surface area contributed by atoms with Gasteiger partial charge in [0.15, 0.2) is 0 Å². The number of methoxy groups -OCH3 is 1. The Morgan fingerprint density at radius 2 is 1.83 bits per heavy atom. The maximum Gasteiger partial charge on any atom is 0.251 e. The molecule has 0 saturated carbocycles. The first-order valence-electron chi connectivity index (χ1n) is 9.40. The van der Waals surface area contributed by atoms with Crippen LogP contribution < -0.4 is 15.4 Å². The zero-order chi connectivity index (χ0) is 20.9. The van der Waals surface area contributed by atoms with E-state index in [4.69, 9.17) is 4.74 Å². The standard InChI is InChI=1S/C23H20N4O3/c1-30-18-9-5-7-16(13-18)23(29)24-14-21(28)25-17-8-4-6-15(12-17)22-26-19-10-2-3-11-20(19)27-22/h2-13H,14H2,1H3,(H,24,29)(H,25,28)(H,26,27). The van der Waals surface area contributed by atoms with Crippen molar-refractivity contribution in [2.75, 3.05) is 19.0 Å². The van der Waals surface area contributed by atoms with Crippen LogP contribution in [0.4, 0.5) is 5.69 Å². The van der Waals surface area contributed by atoms with Crippen molar-refractivity contribution in [2.45, 2.75) is 0 Å². The first-order valence-corrected chi connectivity index (χ1v) is 9.40. The number of hydrogen-bond acceptors (Lipinski definition) is 4. The predicted molar refractivity (Wildman–Crippen MR) is 115 cm³/mol. The van der Waals surface area contributed by atoms with Gasteiger partial charge in [0.2, 0.25) is 5.91 Å². The van der Waals surface area contributed by atoms with Crippen LogP contribution in [-0.4, -0.2) is 35.4 Å². The molecule has 0 bridgehead atoms. The molecule has 2 amide bonds. The van der Waals surface area contributed by atoms with Crippen LogP contribution in [0.5, 0.6) is 5.75 Å². The highest BCUT2D eigenvalue weighted by molar-refractivity contribution is 5.99. The van der Waals surface area contributed by atoms with Crippen molar-refractivity contribution in [3.05, 3.63) is 78.4 Å². The third-order valence-corrected chi connectivity index (χ3v) is 4.55. The quantitative estimate of drug-likeness (QED) is 0.461. The number of benzene rings is 3. The number of ether oxygens (including phenoxy) is 1. The van der Waals surface area contributed by atoms with E-state index in [2.05, 4.69) is 20.6 Å². The van der Waals surface area contributed by atoms with Crippen LogP contribution in [0.1, 0.15) is 10.4 Å². The highest BCUT2D eigenvalue weighted by atomic mass is 16.5. The van der Waals surface area contributed by atoms with E-state index in [1.54, 1.807) is 30.3 Å². The van der Waals surface area contributed by atoms with Gasteiger partial charge in [-0.2, -0.15) is 0 Å². The van der Waals surface area contributed by atoms with Gasteiger partial charge < -0.3 is 20.4 Å². The molecule has 1 aromatic heterocycles. The maximum absolute atomic E-state index is 12.3. The number of rotatable bonds is 6. The topological polar surface area (TPSA) is 96.1 Å². The van der Waals surface area contributed by atoms with Gasteiger partial charge in [-0.15, -0.1) is 0 Å². The van der Waals surface area contributed by atoms with Gasteiger partial charge in [-0.1, -0.05) is 30.3 Å². The van der Waals surface area contributed by atoms with Crippen molar-refractivity contribution < 1.29 is 14.3 Å². The van der Waals surface area contributed by atoms with E-state index in [-0.39, 0.29) is 18.4 Å². The number of nitrogens with zero attached hydrogens (tertiary/aromatic N) is 1. The Hall–Kier alpha value is -4.13. The monoisotopic (exact) mass is 400 g/mol. The van der Waals surface area contributed by atoms with Crippen molar-refractivity contribution in [1.29, 1.82) is 0 Å². The molecular weight excluding hydrogens is 380 g/mol. The van der Waals surface area contributed by atoms with Crippen LogP contribution in [0.2, 0.25) is 0 Å². The molecule has 0 spiro atoms. The smallest absolute Gasteiger partial charge is 0.251 e. The molecule has 0 aliphatic rings. The van der Waals surface area contributed by atoms with Gasteiger partial charge in [0.1, 0.15) is 11.6 Å². The van der Waals surface area contributed by atoms with Crippen molar-refractivity contribution in [1.82, 2.24) is 15.3 Å². The number of imidazole rings is 1. The van der Waals surface area contributed by atoms with Gasteiger partial charge >= 0.3 is 0 Å². The Bertz CT molecular complexity index is 1180. The Morgan fingerprint density at radius 3 is 2.67 bits per heavy atom. The van der Waals surface area contributed by atoms with Crippen LogP contribution in [0.15, 0.2) is 72.8 Å². The molecule has 3 aromatic carbocycles. The highest BCUT2D eigenvalue weighted by Crippen LogP contribution is 2.23. The first kappa shape index (κ1) is 19.2. The van der Waals surface area contributed by atoms with E-state index in [9.17, 15) is 9.59 Å². The maximum atomic E-state index is 12.3. The van der Waals surface area contributed by atoms with E-state index in [0.717, 1.165) is 22.4 Å². The Balaban J connectivity index is 1.40. The molecule has 0 radical (unpaired) electrons. The summed E-state index contributed by atoms with van der Waals surface area (Å²) in [5.74, 6) is 0.626. The second-order valence-electron chi connectivity index (χ2n) is 6.65. The summed E-state index contributed by atoms with van der Waals surface area (Å²) < 4.78 is 5.11. The number of carbonyl (C=O) groups excluding carboxylic acids is 2. The minimum absolute atomic E-state index is 0.148. The summed E-state index contributed by atoms with van der Waals surface area (Å²) in [7, 11) is 1.53. The summed E-state index contributed by atoms with van der Waals surface area (Å²) in [4.78, 5) is 32.4. The van der Waals surface area contributed by atoms with Crippen molar-refractivity contribution in [3.63, 3.8) is 0 Å². The summed E-state index contributed by atoms with van der Waals surface area (Å²) >= 11 is 0. The zero-order valence-electron chi connectivity index (χ0n) is 16.3. The molecule has 3 N–H and O–H groups in total. The molecule has 1 heterocycles. The fourth-order valence-electron chi connectivity index (χ4n) is 3.07. The summed E-state index contributed by atoms with van der Waals surface area (Å²) in [5.41, 5.74) is 3.72. The minimum Gasteiger partial charge on any atom is -0.497 e. The lowest BCUT2D eigenvalue weighted by atomic mass is 10.2. The number of fused-ring (bicyclic) bond motifs is 1. The molecule has 4 rings (SSSR count). The molecule has 0 unspecified atom stereocenters. The van der Waals surface area contributed by atoms with E-state index in [0.29, 0.717) is 17.0 Å². The lowest BCUT2D eigenvalue weighted by Crippen LogP contribution is -2.32. The van der Waals surface area contributed by atoms with Crippen LogP contribution in [-0.2, 0) is 4.79 Å². The number of para-hydroxylation sites is 2. The number of nitrogens with one attached hydrogen (secondary N) is 3. The van der Waals surface area contributed by atoms with Crippen molar-refractivity contribution in [2.24, 2.45) is 0 Å². The number of carbonyl (C=O) groups is 2. The number of amides is 2. The van der Waals surface area contributed by atoms with E-state index >= 15 is 0 Å². The molecule has 0 fully saturated rings. The van der Waals surface area contributed by atoms with E-state index in [1.807, 2.05) is 42.5 Å². The predicted octanol–water partition coefficient (Wildman–Crippen LogP) is 3.61. The third-order valence-electron chi connectivity index (χ3n) is 4.55. The Morgan fingerprint density at radius 1 is 1.00 bits per heavy atom. The molecule has 7 nitrogen and oxygen atoms in total. The van der Waals surface area contributed by atoms with Gasteiger partial charge in [0.05, 0.1) is 24.7 Å². The lowest BCUT2D eigenvalue weighted by Gasteiger charge is -2.08. The van der Waals surface area contributed by atoms with Crippen molar-refractivity contribution >= 4 is 28.5 Å². The zero-order valence-corrected chi connectivity index (χ0v) is 16.3. The lowest BCUT2D eigenvalue weighted by molar-refractivity contribution is -0.115. The summed E-state index contributed by atoms with van der Waals surface area (Å²) in [5, 5.41) is 5.40. The highest BCUT2D eigenvalue weighted by Gasteiger charge is 2.10. The fourth-order valence-corrected chi connectivity index (χ4v) is 3.07. The molecule has 7 heteroatoms. The largest absolute Gasteiger partial charge is 0.497 e. The second-order valence-corrected chi connectivity index (χ2v) is 6.65. The third kappa shape index (κ3) is 4.30. The SMILES string of the molecule is COc1cccc(C(=O)NCC(=O)Nc2cccc(-c3nc4ccccc4[nH]3)c2)c1. The average Bonchev–Trinajstić information content (AvgIpc) is 3.22. The minimum atomic E-state index is -0.347. The summed E-state index contributed by atoms with van der Waals surface area (Å²) in [6.07, 6.45) is 0.